The summed E-state index contributed by atoms with van der Waals surface area (Å²) in [6.07, 6.45) is -0.170. The van der Waals surface area contributed by atoms with E-state index in [9.17, 15) is 27.6 Å². The zero-order valence-electron chi connectivity index (χ0n) is 27.0. The molecule has 5 rings (SSSR count). The molecule has 0 unspecified atom stereocenters. The second-order valence-electron chi connectivity index (χ2n) is 12.4. The van der Waals surface area contributed by atoms with Gasteiger partial charge in [0.2, 0.25) is 11.5 Å². The van der Waals surface area contributed by atoms with Crippen LogP contribution in [0.3, 0.4) is 0 Å². The largest absolute Gasteiger partial charge is 0.450 e. The van der Waals surface area contributed by atoms with E-state index in [2.05, 4.69) is 26.1 Å². The van der Waals surface area contributed by atoms with Crippen molar-refractivity contribution in [1.82, 2.24) is 15.6 Å². The molecule has 49 heavy (non-hydrogen) atoms. The highest BCUT2D eigenvalue weighted by molar-refractivity contribution is 7.85. The van der Waals surface area contributed by atoms with Crippen LogP contribution in [-0.4, -0.2) is 79.1 Å². The van der Waals surface area contributed by atoms with Gasteiger partial charge in [-0.1, -0.05) is 65.8 Å². The summed E-state index contributed by atoms with van der Waals surface area (Å²) in [5.41, 5.74) is -1.27. The van der Waals surface area contributed by atoms with Crippen LogP contribution in [0.4, 0.5) is 9.93 Å². The molecule has 2 aromatic carbocycles. The highest BCUT2D eigenvalue weighted by Gasteiger charge is 2.56. The Morgan fingerprint density at radius 1 is 1.06 bits per heavy atom. The van der Waals surface area contributed by atoms with Crippen LogP contribution in [-0.2, 0) is 43.0 Å². The first kappa shape index (κ1) is 35.4. The van der Waals surface area contributed by atoms with Gasteiger partial charge in [-0.3, -0.25) is 19.1 Å². The number of anilines is 1. The average molecular weight is 714 g/mol. The summed E-state index contributed by atoms with van der Waals surface area (Å²) in [6, 6.07) is 16.3. The maximum Gasteiger partial charge on any atom is 0.413 e. The van der Waals surface area contributed by atoms with Gasteiger partial charge in [-0.2, -0.15) is 8.42 Å². The minimum absolute atomic E-state index is 0.0483. The Balaban J connectivity index is 1.37. The van der Waals surface area contributed by atoms with Gasteiger partial charge in [0.15, 0.2) is 16.9 Å². The molecule has 2 atom stereocenters. The summed E-state index contributed by atoms with van der Waals surface area (Å²) >= 11 is 0.962. The zero-order valence-corrected chi connectivity index (χ0v) is 28.6. The molecule has 0 bridgehead atoms. The number of esters is 1. The number of ether oxygens (including phenoxy) is 2. The molecule has 1 aromatic heterocycles. The summed E-state index contributed by atoms with van der Waals surface area (Å²) in [5.74, 6) is -2.21. The SMILES string of the molecule is CC(C)(C)OC(=O)Nc1nc(/C(=N/OC2(C(=O)OC(c3ccccc3)c3ccccc3)CC2)C(=O)N[C@@H]2C(=O)N[C@@H]2COS(C)(=O)=O)cs1. The van der Waals surface area contributed by atoms with Gasteiger partial charge in [0.1, 0.15) is 17.3 Å². The van der Waals surface area contributed by atoms with Crippen LogP contribution in [0.25, 0.3) is 0 Å². The maximum atomic E-state index is 13.6. The van der Waals surface area contributed by atoms with Crippen LogP contribution in [0.5, 0.6) is 0 Å². The number of β-lactam (4-membered cyclic amide) rings is 1. The molecule has 3 N–H and O–H groups in total. The Labute approximate surface area is 286 Å². The lowest BCUT2D eigenvalue weighted by Gasteiger charge is -2.36. The highest BCUT2D eigenvalue weighted by Crippen LogP contribution is 2.43. The first-order valence-corrected chi connectivity index (χ1v) is 17.8. The predicted molar refractivity (Wildman–Crippen MR) is 177 cm³/mol. The number of thiazole rings is 1. The Morgan fingerprint density at radius 3 is 2.20 bits per heavy atom. The van der Waals surface area contributed by atoms with E-state index in [1.54, 1.807) is 20.8 Å². The number of carbonyl (C=O) groups excluding carboxylic acids is 4. The van der Waals surface area contributed by atoms with E-state index in [0.717, 1.165) is 28.7 Å². The predicted octanol–water partition coefficient (Wildman–Crippen LogP) is 3.04. The lowest BCUT2D eigenvalue weighted by atomic mass is 9.99. The normalized spacial score (nSPS) is 18.5. The summed E-state index contributed by atoms with van der Waals surface area (Å²) < 4.78 is 38.9. The fraction of sp³-hybridized carbons (Fsp3) is 0.375. The Kier molecular flexibility index (Phi) is 10.4. The van der Waals surface area contributed by atoms with E-state index in [-0.39, 0.29) is 23.7 Å². The second-order valence-corrected chi connectivity index (χ2v) is 14.9. The van der Waals surface area contributed by atoms with Gasteiger partial charge in [-0.25, -0.2) is 14.6 Å². The van der Waals surface area contributed by atoms with Crippen LogP contribution < -0.4 is 16.0 Å². The van der Waals surface area contributed by atoms with Gasteiger partial charge in [0.05, 0.1) is 18.9 Å². The van der Waals surface area contributed by atoms with Crippen molar-refractivity contribution in [2.24, 2.45) is 5.16 Å². The number of aromatic nitrogens is 1. The third-order valence-electron chi connectivity index (χ3n) is 7.15. The molecular formula is C32H35N5O10S2. The topological polar surface area (TPSA) is 201 Å². The fourth-order valence-corrected chi connectivity index (χ4v) is 5.64. The zero-order chi connectivity index (χ0) is 35.4. The second kappa shape index (κ2) is 14.3. The van der Waals surface area contributed by atoms with Crippen molar-refractivity contribution in [2.75, 3.05) is 18.2 Å². The van der Waals surface area contributed by atoms with Gasteiger partial charge in [-0.15, -0.1) is 11.3 Å². The van der Waals surface area contributed by atoms with Crippen LogP contribution in [0.15, 0.2) is 71.2 Å². The molecular weight excluding hydrogens is 679 g/mol. The quantitative estimate of drug-likeness (QED) is 0.0773. The highest BCUT2D eigenvalue weighted by atomic mass is 32.2. The van der Waals surface area contributed by atoms with E-state index in [0.29, 0.717) is 0 Å². The van der Waals surface area contributed by atoms with Crippen molar-refractivity contribution >= 4 is 56.2 Å². The van der Waals surface area contributed by atoms with Gasteiger partial charge in [0, 0.05) is 18.2 Å². The first-order chi connectivity index (χ1) is 23.1. The fourth-order valence-electron chi connectivity index (χ4n) is 4.57. The van der Waals surface area contributed by atoms with E-state index < -0.39 is 75.7 Å². The number of hydrogen-bond acceptors (Lipinski definition) is 13. The first-order valence-electron chi connectivity index (χ1n) is 15.1. The van der Waals surface area contributed by atoms with Crippen molar-refractivity contribution in [3.05, 3.63) is 82.9 Å². The molecule has 1 saturated heterocycles. The number of rotatable bonds is 13. The van der Waals surface area contributed by atoms with E-state index in [1.807, 2.05) is 60.7 Å². The molecule has 15 nitrogen and oxygen atoms in total. The standard InChI is InChI=1S/C32H35N5O10S2/c1-31(2,3)46-30(41)36-29-34-22(18-48-29)24(27(39)35-23-21(33-26(23)38)17-44-49(4,42)43)37-47-32(15-16-32)28(40)45-25(19-11-7-5-8-12-19)20-13-9-6-10-14-20/h5-14,18,21,23,25H,15-17H2,1-4H3,(H,33,38)(H,35,39)(H,34,36,41)/b37-24-/t21-,23+/m1/s1. The number of nitrogens with zero attached hydrogens (tertiary/aromatic N) is 2. The molecule has 260 valence electrons. The van der Waals surface area contributed by atoms with Crippen molar-refractivity contribution in [3.63, 3.8) is 0 Å². The van der Waals surface area contributed by atoms with E-state index >= 15 is 0 Å². The number of hydrogen-bond donors (Lipinski definition) is 3. The number of nitrogens with one attached hydrogen (secondary N) is 3. The number of amides is 3. The monoisotopic (exact) mass is 713 g/mol. The van der Waals surface area contributed by atoms with Gasteiger partial charge >= 0.3 is 12.1 Å². The molecule has 3 aromatic rings. The molecule has 2 fully saturated rings. The van der Waals surface area contributed by atoms with Crippen LogP contribution in [0.1, 0.15) is 56.5 Å². The average Bonchev–Trinajstić information content (AvgIpc) is 3.70. The summed E-state index contributed by atoms with van der Waals surface area (Å²) in [7, 11) is -3.82. The lowest BCUT2D eigenvalue weighted by molar-refractivity contribution is -0.164. The summed E-state index contributed by atoms with van der Waals surface area (Å²) in [4.78, 5) is 61.8. The van der Waals surface area contributed by atoms with Gasteiger partial charge < -0.3 is 24.9 Å². The third kappa shape index (κ3) is 9.39. The molecule has 0 spiro atoms. The van der Waals surface area contributed by atoms with Crippen molar-refractivity contribution in [3.8, 4) is 0 Å². The number of oxime groups is 1. The van der Waals surface area contributed by atoms with E-state index in [1.165, 1.54) is 5.38 Å². The van der Waals surface area contributed by atoms with Crippen LogP contribution in [0.2, 0.25) is 0 Å². The lowest BCUT2D eigenvalue weighted by Crippen LogP contribution is -2.71. The molecule has 2 heterocycles. The summed E-state index contributed by atoms with van der Waals surface area (Å²) in [5, 5.41) is 13.0. The molecule has 17 heteroatoms. The third-order valence-corrected chi connectivity index (χ3v) is 8.47. The smallest absolute Gasteiger partial charge is 0.413 e. The van der Waals surface area contributed by atoms with Crippen molar-refractivity contribution < 1.29 is 46.1 Å². The Bertz CT molecular complexity index is 1800. The molecule has 1 aliphatic carbocycles. The Hall–Kier alpha value is -4.87. The summed E-state index contributed by atoms with van der Waals surface area (Å²) in [6.45, 7) is 4.66. The minimum atomic E-state index is -3.82. The van der Waals surface area contributed by atoms with Crippen molar-refractivity contribution in [2.45, 2.75) is 63.0 Å². The molecule has 0 radical (unpaired) electrons. The van der Waals surface area contributed by atoms with Gasteiger partial charge in [0.25, 0.3) is 16.0 Å². The minimum Gasteiger partial charge on any atom is -0.450 e. The maximum absolute atomic E-state index is 13.6. The van der Waals surface area contributed by atoms with E-state index in [4.69, 9.17) is 18.5 Å². The molecule has 1 aliphatic heterocycles. The molecule has 1 saturated carbocycles. The van der Waals surface area contributed by atoms with Crippen molar-refractivity contribution in [1.29, 1.82) is 0 Å². The van der Waals surface area contributed by atoms with Crippen LogP contribution >= 0.6 is 11.3 Å². The molecule has 3 amide bonds. The van der Waals surface area contributed by atoms with Gasteiger partial charge in [-0.05, 0) is 31.9 Å². The Morgan fingerprint density at radius 2 is 1.67 bits per heavy atom. The van der Waals surface area contributed by atoms with Crippen LogP contribution in [0, 0.1) is 0 Å². The number of benzene rings is 2. The number of carbonyl (C=O) groups is 4. The molecule has 2 aliphatic rings.